The molecule has 0 spiro atoms. The predicted molar refractivity (Wildman–Crippen MR) is 78.2 cm³/mol. The fraction of sp³-hybridized carbons (Fsp3) is 0.933. The average molecular weight is 317 g/mol. The van der Waals surface area contributed by atoms with Crippen molar-refractivity contribution in [2.45, 2.75) is 63.2 Å². The molecule has 1 N–H and O–H groups in total. The van der Waals surface area contributed by atoms with Gasteiger partial charge in [-0.3, -0.25) is 4.79 Å². The van der Waals surface area contributed by atoms with Gasteiger partial charge in [-0.2, -0.15) is 0 Å². The second-order valence-corrected chi connectivity index (χ2v) is 7.83. The number of alkyl halides is 1. The summed E-state index contributed by atoms with van der Waals surface area (Å²) in [7, 11) is 0. The lowest BCUT2D eigenvalue weighted by Gasteiger charge is -2.34. The fourth-order valence-corrected chi connectivity index (χ4v) is 4.01. The molecule has 2 aliphatic rings. The van der Waals surface area contributed by atoms with Crippen molar-refractivity contribution in [3.05, 3.63) is 0 Å². The smallest absolute Gasteiger partial charge is 0.189 e. The molecular weight excluding hydrogens is 290 g/mol. The molecule has 0 bridgehead atoms. The lowest BCUT2D eigenvalue weighted by Crippen LogP contribution is -3.17. The summed E-state index contributed by atoms with van der Waals surface area (Å²) < 4.78 is 0. The number of carbonyl (C=O) groups excluding carboxylic acids is 1. The van der Waals surface area contributed by atoms with E-state index in [1.54, 1.807) is 4.90 Å². The zero-order valence-electron chi connectivity index (χ0n) is 11.8. The van der Waals surface area contributed by atoms with E-state index in [-0.39, 0.29) is 0 Å². The van der Waals surface area contributed by atoms with E-state index in [0.29, 0.717) is 22.6 Å². The molecular formula is C15H27BrNO+. The van der Waals surface area contributed by atoms with Crippen LogP contribution in [0, 0.1) is 11.8 Å². The molecule has 1 saturated carbocycles. The number of hydrogen-bond acceptors (Lipinski definition) is 1. The number of quaternary nitrogens is 1. The van der Waals surface area contributed by atoms with Crippen molar-refractivity contribution >= 4 is 21.7 Å². The summed E-state index contributed by atoms with van der Waals surface area (Å²) in [5.74, 6) is 1.68. The summed E-state index contributed by atoms with van der Waals surface area (Å²) in [6.07, 6.45) is 7.19. The Morgan fingerprint density at radius 3 is 2.44 bits per heavy atom. The quantitative estimate of drug-likeness (QED) is 0.792. The van der Waals surface area contributed by atoms with Crippen LogP contribution in [0.2, 0.25) is 0 Å². The highest BCUT2D eigenvalue weighted by atomic mass is 79.9. The molecule has 1 heterocycles. The van der Waals surface area contributed by atoms with Gasteiger partial charge in [0.05, 0.1) is 12.6 Å². The van der Waals surface area contributed by atoms with Gasteiger partial charge < -0.3 is 4.90 Å². The van der Waals surface area contributed by atoms with E-state index in [4.69, 9.17) is 0 Å². The van der Waals surface area contributed by atoms with Crippen LogP contribution >= 0.6 is 15.9 Å². The first-order valence-corrected chi connectivity index (χ1v) is 8.49. The number of hydrogen-bond donors (Lipinski definition) is 1. The number of likely N-dealkylation sites (tertiary alicyclic amines) is 1. The molecule has 2 nitrogen and oxygen atoms in total. The van der Waals surface area contributed by atoms with Crippen LogP contribution in [0.5, 0.6) is 0 Å². The highest BCUT2D eigenvalue weighted by Gasteiger charge is 2.32. The molecule has 0 aromatic heterocycles. The summed E-state index contributed by atoms with van der Waals surface area (Å²) in [4.78, 5) is 14.6. The van der Waals surface area contributed by atoms with E-state index in [1.807, 2.05) is 0 Å². The minimum atomic E-state index is 0.357. The predicted octanol–water partition coefficient (Wildman–Crippen LogP) is 2.21. The largest absolute Gasteiger partial charge is 0.326 e. The third-order valence-corrected chi connectivity index (χ3v) is 5.83. The number of piperidine rings is 1. The Kier molecular flexibility index (Phi) is 5.25. The van der Waals surface area contributed by atoms with Gasteiger partial charge in [0, 0.05) is 16.7 Å². The third-order valence-electron chi connectivity index (χ3n) is 4.91. The molecule has 1 aliphatic heterocycles. The fourth-order valence-electron chi connectivity index (χ4n) is 3.48. The summed E-state index contributed by atoms with van der Waals surface area (Å²) >= 11 is 3.66. The standard InChI is InChI=1S/C15H26BrNO/c1-11-3-4-12(2)17(9-11)10-15(18)13-5-7-14(16)8-6-13/h11-14H,3-10H2,1-2H3/p+1. The lowest BCUT2D eigenvalue weighted by molar-refractivity contribution is -0.924. The first-order valence-electron chi connectivity index (χ1n) is 7.57. The van der Waals surface area contributed by atoms with Crippen LogP contribution in [0.4, 0.5) is 0 Å². The molecule has 2 rings (SSSR count). The topological polar surface area (TPSA) is 21.5 Å². The minimum Gasteiger partial charge on any atom is -0.326 e. The maximum absolute atomic E-state index is 12.4. The lowest BCUT2D eigenvalue weighted by atomic mass is 9.85. The van der Waals surface area contributed by atoms with Gasteiger partial charge in [0.25, 0.3) is 0 Å². The van der Waals surface area contributed by atoms with E-state index < -0.39 is 0 Å². The van der Waals surface area contributed by atoms with E-state index in [2.05, 4.69) is 29.8 Å². The Hall–Kier alpha value is 0.110. The Morgan fingerprint density at radius 1 is 1.11 bits per heavy atom. The Balaban J connectivity index is 1.82. The molecule has 0 aromatic rings. The van der Waals surface area contributed by atoms with Crippen molar-refractivity contribution in [1.82, 2.24) is 0 Å². The van der Waals surface area contributed by atoms with Crippen LogP contribution in [0.25, 0.3) is 0 Å². The van der Waals surface area contributed by atoms with E-state index in [1.165, 1.54) is 32.2 Å². The SMILES string of the molecule is CC1CCC(C)[NH+](CC(=O)C2CCC(Br)CC2)C1. The maximum Gasteiger partial charge on any atom is 0.189 e. The number of rotatable bonds is 3. The van der Waals surface area contributed by atoms with Crippen molar-refractivity contribution in [3.63, 3.8) is 0 Å². The molecule has 2 fully saturated rings. The van der Waals surface area contributed by atoms with E-state index >= 15 is 0 Å². The molecule has 0 radical (unpaired) electrons. The molecule has 3 unspecified atom stereocenters. The molecule has 0 amide bonds. The summed E-state index contributed by atoms with van der Waals surface area (Å²) in [5.41, 5.74) is 0. The second kappa shape index (κ2) is 6.51. The van der Waals surface area contributed by atoms with Crippen molar-refractivity contribution in [1.29, 1.82) is 0 Å². The van der Waals surface area contributed by atoms with Crippen LogP contribution in [-0.2, 0) is 4.79 Å². The minimum absolute atomic E-state index is 0.357. The number of ketones is 1. The van der Waals surface area contributed by atoms with Crippen molar-refractivity contribution < 1.29 is 9.69 Å². The molecule has 104 valence electrons. The summed E-state index contributed by atoms with van der Waals surface area (Å²) in [6.45, 7) is 6.61. The van der Waals surface area contributed by atoms with Crippen LogP contribution in [0.1, 0.15) is 52.4 Å². The van der Waals surface area contributed by atoms with Crippen molar-refractivity contribution in [3.8, 4) is 0 Å². The van der Waals surface area contributed by atoms with E-state index in [9.17, 15) is 4.79 Å². The number of halogens is 1. The van der Waals surface area contributed by atoms with Crippen molar-refractivity contribution in [2.24, 2.45) is 11.8 Å². The first-order chi connectivity index (χ1) is 8.56. The second-order valence-electron chi connectivity index (χ2n) is 6.54. The van der Waals surface area contributed by atoms with Crippen LogP contribution < -0.4 is 4.90 Å². The van der Waals surface area contributed by atoms with Gasteiger partial charge in [0.15, 0.2) is 5.78 Å². The molecule has 1 aliphatic carbocycles. The van der Waals surface area contributed by atoms with E-state index in [0.717, 1.165) is 25.3 Å². The zero-order valence-corrected chi connectivity index (χ0v) is 13.3. The molecule has 18 heavy (non-hydrogen) atoms. The highest BCUT2D eigenvalue weighted by molar-refractivity contribution is 9.09. The van der Waals surface area contributed by atoms with Gasteiger partial charge >= 0.3 is 0 Å². The number of Topliss-reactive ketones (excluding diaryl/α,β-unsaturated/α-hetero) is 1. The van der Waals surface area contributed by atoms with Crippen molar-refractivity contribution in [2.75, 3.05) is 13.1 Å². The summed E-state index contributed by atoms with van der Waals surface area (Å²) in [5, 5.41) is 0. The molecule has 3 atom stereocenters. The van der Waals surface area contributed by atoms with Gasteiger partial charge in [-0.25, -0.2) is 0 Å². The van der Waals surface area contributed by atoms with Crippen LogP contribution in [0.15, 0.2) is 0 Å². The third kappa shape index (κ3) is 3.80. The van der Waals surface area contributed by atoms with Gasteiger partial charge in [-0.1, -0.05) is 22.9 Å². The Labute approximate surface area is 120 Å². The molecule has 1 saturated heterocycles. The van der Waals surface area contributed by atoms with Gasteiger partial charge in [-0.05, 0) is 45.4 Å². The maximum atomic E-state index is 12.4. The Morgan fingerprint density at radius 2 is 1.78 bits per heavy atom. The molecule has 0 aromatic carbocycles. The molecule has 3 heteroatoms. The average Bonchev–Trinajstić information content (AvgIpc) is 2.34. The summed E-state index contributed by atoms with van der Waals surface area (Å²) in [6, 6.07) is 0.678. The highest BCUT2D eigenvalue weighted by Crippen LogP contribution is 2.28. The van der Waals surface area contributed by atoms with Gasteiger partial charge in [0.1, 0.15) is 6.54 Å². The van der Waals surface area contributed by atoms with Crippen LogP contribution in [-0.4, -0.2) is 29.7 Å². The normalized spacial score (nSPS) is 41.6. The zero-order chi connectivity index (χ0) is 13.1. The van der Waals surface area contributed by atoms with Crippen LogP contribution in [0.3, 0.4) is 0 Å². The monoisotopic (exact) mass is 316 g/mol. The Bertz CT molecular complexity index is 286. The number of nitrogens with one attached hydrogen (secondary N) is 1. The van der Waals surface area contributed by atoms with Gasteiger partial charge in [-0.15, -0.1) is 0 Å². The number of carbonyl (C=O) groups is 1. The first kappa shape index (κ1) is 14.5. The van der Waals surface area contributed by atoms with Gasteiger partial charge in [0.2, 0.25) is 0 Å².